The van der Waals surface area contributed by atoms with Crippen LogP contribution in [0.25, 0.3) is 0 Å². The van der Waals surface area contributed by atoms with Gasteiger partial charge in [0.15, 0.2) is 0 Å². The number of nitrogens with one attached hydrogen (secondary N) is 1. The standard InChI is InChI=1S/C13H28N4O/c1-4-17-9-5-6-11(17)10-15-8-7-13(2,3)12(14)16-18/h11,15,18H,4-10H2,1-3H3,(H2,14,16). The molecule has 0 aromatic carbocycles. The summed E-state index contributed by atoms with van der Waals surface area (Å²) in [5.74, 6) is 0.306. The van der Waals surface area contributed by atoms with Gasteiger partial charge < -0.3 is 16.3 Å². The molecule has 1 unspecified atom stereocenters. The fraction of sp³-hybridized carbons (Fsp3) is 0.923. The monoisotopic (exact) mass is 256 g/mol. The first-order valence-electron chi connectivity index (χ1n) is 6.94. The Morgan fingerprint density at radius 1 is 1.56 bits per heavy atom. The molecule has 1 heterocycles. The molecule has 0 amide bonds. The van der Waals surface area contributed by atoms with Gasteiger partial charge in [-0.05, 0) is 38.9 Å². The van der Waals surface area contributed by atoms with E-state index in [4.69, 9.17) is 10.9 Å². The van der Waals surface area contributed by atoms with Gasteiger partial charge in [0.2, 0.25) is 0 Å². The molecule has 18 heavy (non-hydrogen) atoms. The molecule has 0 radical (unpaired) electrons. The lowest BCUT2D eigenvalue weighted by Crippen LogP contribution is -2.40. The SMILES string of the molecule is CCN1CCCC1CNCCC(C)(C)C(N)=NO. The zero-order valence-electron chi connectivity index (χ0n) is 11.9. The molecule has 5 heteroatoms. The van der Waals surface area contributed by atoms with E-state index in [0.717, 1.165) is 26.1 Å². The summed E-state index contributed by atoms with van der Waals surface area (Å²) in [7, 11) is 0. The number of rotatable bonds is 7. The quantitative estimate of drug-likeness (QED) is 0.210. The minimum absolute atomic E-state index is 0.248. The molecule has 0 bridgehead atoms. The Hall–Kier alpha value is -0.810. The number of hydrogen-bond donors (Lipinski definition) is 3. The van der Waals surface area contributed by atoms with Crippen LogP contribution in [0.3, 0.4) is 0 Å². The van der Waals surface area contributed by atoms with E-state index in [1.165, 1.54) is 19.4 Å². The topological polar surface area (TPSA) is 73.9 Å². The second-order valence-electron chi connectivity index (χ2n) is 5.75. The minimum Gasteiger partial charge on any atom is -0.409 e. The summed E-state index contributed by atoms with van der Waals surface area (Å²) in [6, 6.07) is 0.682. The maximum atomic E-state index is 8.70. The Balaban J connectivity index is 2.22. The van der Waals surface area contributed by atoms with E-state index in [-0.39, 0.29) is 5.41 Å². The summed E-state index contributed by atoms with van der Waals surface area (Å²) in [5.41, 5.74) is 5.41. The number of amidine groups is 1. The van der Waals surface area contributed by atoms with Crippen molar-refractivity contribution in [3.05, 3.63) is 0 Å². The van der Waals surface area contributed by atoms with E-state index in [0.29, 0.717) is 11.9 Å². The van der Waals surface area contributed by atoms with Crippen molar-refractivity contribution in [2.75, 3.05) is 26.2 Å². The van der Waals surface area contributed by atoms with E-state index in [1.807, 2.05) is 13.8 Å². The van der Waals surface area contributed by atoms with E-state index in [2.05, 4.69) is 22.3 Å². The normalized spacial score (nSPS) is 22.6. The van der Waals surface area contributed by atoms with Crippen molar-refractivity contribution in [1.29, 1.82) is 0 Å². The molecule has 1 atom stereocenters. The van der Waals surface area contributed by atoms with Gasteiger partial charge in [-0.1, -0.05) is 25.9 Å². The molecule has 0 spiro atoms. The van der Waals surface area contributed by atoms with Crippen LogP contribution in [0.2, 0.25) is 0 Å². The van der Waals surface area contributed by atoms with E-state index in [9.17, 15) is 0 Å². The van der Waals surface area contributed by atoms with Gasteiger partial charge in [-0.2, -0.15) is 0 Å². The van der Waals surface area contributed by atoms with Crippen molar-refractivity contribution in [2.24, 2.45) is 16.3 Å². The second-order valence-corrected chi connectivity index (χ2v) is 5.75. The number of likely N-dealkylation sites (tertiary alicyclic amines) is 1. The zero-order chi connectivity index (χ0) is 13.6. The van der Waals surface area contributed by atoms with Gasteiger partial charge in [-0.25, -0.2) is 0 Å². The van der Waals surface area contributed by atoms with Crippen molar-refractivity contribution < 1.29 is 5.21 Å². The van der Waals surface area contributed by atoms with Crippen LogP contribution >= 0.6 is 0 Å². The molecule has 1 rings (SSSR count). The largest absolute Gasteiger partial charge is 0.409 e. The maximum absolute atomic E-state index is 8.70. The average molecular weight is 256 g/mol. The van der Waals surface area contributed by atoms with Crippen LogP contribution in [-0.2, 0) is 0 Å². The molecule has 0 saturated carbocycles. The van der Waals surface area contributed by atoms with Crippen LogP contribution in [0.4, 0.5) is 0 Å². The molecular formula is C13H28N4O. The molecule has 1 aliphatic rings. The fourth-order valence-corrected chi connectivity index (χ4v) is 2.48. The van der Waals surface area contributed by atoms with Crippen molar-refractivity contribution in [1.82, 2.24) is 10.2 Å². The molecule has 106 valence electrons. The molecule has 1 fully saturated rings. The molecular weight excluding hydrogens is 228 g/mol. The summed E-state index contributed by atoms with van der Waals surface area (Å²) in [6.45, 7) is 10.5. The third-order valence-electron chi connectivity index (χ3n) is 4.01. The molecule has 0 aromatic heterocycles. The number of oxime groups is 1. The highest BCUT2D eigenvalue weighted by atomic mass is 16.4. The highest BCUT2D eigenvalue weighted by Gasteiger charge is 2.24. The van der Waals surface area contributed by atoms with E-state index in [1.54, 1.807) is 0 Å². The third kappa shape index (κ3) is 4.14. The van der Waals surface area contributed by atoms with Crippen molar-refractivity contribution in [3.8, 4) is 0 Å². The lowest BCUT2D eigenvalue weighted by Gasteiger charge is -2.25. The molecule has 4 N–H and O–H groups in total. The van der Waals surface area contributed by atoms with Gasteiger partial charge >= 0.3 is 0 Å². The zero-order valence-corrected chi connectivity index (χ0v) is 11.9. The predicted octanol–water partition coefficient (Wildman–Crippen LogP) is 1.22. The number of likely N-dealkylation sites (N-methyl/N-ethyl adjacent to an activating group) is 1. The highest BCUT2D eigenvalue weighted by Crippen LogP contribution is 2.20. The van der Waals surface area contributed by atoms with Crippen molar-refractivity contribution in [3.63, 3.8) is 0 Å². The Bertz CT molecular complexity index is 278. The average Bonchev–Trinajstić information content (AvgIpc) is 2.80. The van der Waals surface area contributed by atoms with Crippen LogP contribution in [-0.4, -0.2) is 48.2 Å². The number of nitrogens with zero attached hydrogens (tertiary/aromatic N) is 2. The Morgan fingerprint density at radius 3 is 2.89 bits per heavy atom. The smallest absolute Gasteiger partial charge is 0.144 e. The van der Waals surface area contributed by atoms with E-state index < -0.39 is 0 Å². The van der Waals surface area contributed by atoms with Crippen LogP contribution in [0.5, 0.6) is 0 Å². The van der Waals surface area contributed by atoms with Gasteiger partial charge in [-0.3, -0.25) is 4.90 Å². The second kappa shape index (κ2) is 6.95. The van der Waals surface area contributed by atoms with Gasteiger partial charge in [0.1, 0.15) is 5.84 Å². The summed E-state index contributed by atoms with van der Waals surface area (Å²) < 4.78 is 0. The molecule has 0 aliphatic carbocycles. The molecule has 1 saturated heterocycles. The molecule has 0 aromatic rings. The first-order valence-corrected chi connectivity index (χ1v) is 6.94. The van der Waals surface area contributed by atoms with Gasteiger partial charge in [0.25, 0.3) is 0 Å². The lowest BCUT2D eigenvalue weighted by molar-refractivity contribution is 0.257. The van der Waals surface area contributed by atoms with Crippen LogP contribution in [0.15, 0.2) is 5.16 Å². The maximum Gasteiger partial charge on any atom is 0.144 e. The Labute approximate surface area is 110 Å². The van der Waals surface area contributed by atoms with Gasteiger partial charge in [0.05, 0.1) is 0 Å². The predicted molar refractivity (Wildman–Crippen MR) is 74.9 cm³/mol. The van der Waals surface area contributed by atoms with Crippen LogP contribution in [0, 0.1) is 5.41 Å². The lowest BCUT2D eigenvalue weighted by atomic mass is 9.88. The molecule has 1 aliphatic heterocycles. The first-order chi connectivity index (χ1) is 8.51. The highest BCUT2D eigenvalue weighted by molar-refractivity contribution is 5.85. The van der Waals surface area contributed by atoms with Gasteiger partial charge in [0, 0.05) is 18.0 Å². The van der Waals surface area contributed by atoms with E-state index >= 15 is 0 Å². The van der Waals surface area contributed by atoms with Crippen LogP contribution in [0.1, 0.15) is 40.0 Å². The summed E-state index contributed by atoms with van der Waals surface area (Å²) >= 11 is 0. The summed E-state index contributed by atoms with van der Waals surface area (Å²) in [4.78, 5) is 2.53. The Morgan fingerprint density at radius 2 is 2.28 bits per heavy atom. The third-order valence-corrected chi connectivity index (χ3v) is 4.01. The minimum atomic E-state index is -0.248. The van der Waals surface area contributed by atoms with Crippen LogP contribution < -0.4 is 11.1 Å². The van der Waals surface area contributed by atoms with Gasteiger partial charge in [-0.15, -0.1) is 0 Å². The summed E-state index contributed by atoms with van der Waals surface area (Å²) in [6.07, 6.45) is 3.49. The fourth-order valence-electron chi connectivity index (χ4n) is 2.48. The van der Waals surface area contributed by atoms with Crippen molar-refractivity contribution >= 4 is 5.84 Å². The molecule has 5 nitrogen and oxygen atoms in total. The Kier molecular flexibility index (Phi) is 5.88. The summed E-state index contributed by atoms with van der Waals surface area (Å²) in [5, 5.41) is 15.3. The first kappa shape index (κ1) is 15.2. The van der Waals surface area contributed by atoms with Crippen molar-refractivity contribution in [2.45, 2.75) is 46.1 Å². The number of hydrogen-bond acceptors (Lipinski definition) is 4. The number of nitrogens with two attached hydrogens (primary N) is 1.